The molecule has 2 aromatic rings. The third kappa shape index (κ3) is 4.44. The van der Waals surface area contributed by atoms with E-state index in [-0.39, 0.29) is 17.3 Å². The van der Waals surface area contributed by atoms with Crippen LogP contribution in [0.4, 0.5) is 18.9 Å². The van der Waals surface area contributed by atoms with Crippen LogP contribution < -0.4 is 10.1 Å². The van der Waals surface area contributed by atoms with E-state index in [1.54, 1.807) is 0 Å². The summed E-state index contributed by atoms with van der Waals surface area (Å²) in [5.41, 5.74) is 0.993. The molecule has 0 fully saturated rings. The van der Waals surface area contributed by atoms with Crippen LogP contribution in [0.5, 0.6) is 5.75 Å². The minimum atomic E-state index is -2.93. The van der Waals surface area contributed by atoms with Gasteiger partial charge in [-0.3, -0.25) is 0 Å². The van der Waals surface area contributed by atoms with Crippen molar-refractivity contribution in [3.63, 3.8) is 0 Å². The van der Waals surface area contributed by atoms with Gasteiger partial charge in [0.25, 0.3) is 0 Å². The average molecular weight is 336 g/mol. The second kappa shape index (κ2) is 6.91. The van der Waals surface area contributed by atoms with E-state index in [0.717, 1.165) is 0 Å². The molecule has 0 aliphatic carbocycles. The molecule has 112 valence electrons. The summed E-state index contributed by atoms with van der Waals surface area (Å²) in [5.74, 6) is -0.512. The zero-order valence-corrected chi connectivity index (χ0v) is 12.1. The van der Waals surface area contributed by atoms with Crippen LogP contribution in [0, 0.1) is 5.82 Å². The Morgan fingerprint density at radius 3 is 2.52 bits per heavy atom. The summed E-state index contributed by atoms with van der Waals surface area (Å²) in [5, 5.41) is 3.30. The van der Waals surface area contributed by atoms with Crippen LogP contribution in [0.15, 0.2) is 36.4 Å². The van der Waals surface area contributed by atoms with E-state index < -0.39 is 12.4 Å². The van der Waals surface area contributed by atoms with Crippen LogP contribution in [-0.2, 0) is 6.54 Å². The number of hydrogen-bond acceptors (Lipinski definition) is 2. The summed E-state index contributed by atoms with van der Waals surface area (Å²) < 4.78 is 42.1. The van der Waals surface area contributed by atoms with Crippen LogP contribution in [0.3, 0.4) is 0 Å². The highest BCUT2D eigenvalue weighted by Crippen LogP contribution is 2.26. The third-order valence-electron chi connectivity index (χ3n) is 2.64. The topological polar surface area (TPSA) is 21.3 Å². The smallest absolute Gasteiger partial charge is 0.387 e. The summed E-state index contributed by atoms with van der Waals surface area (Å²) in [6.07, 6.45) is 0. The van der Waals surface area contributed by atoms with E-state index in [1.165, 1.54) is 36.4 Å². The maximum Gasteiger partial charge on any atom is 0.387 e. The molecule has 0 atom stereocenters. The molecule has 0 aliphatic rings. The lowest BCUT2D eigenvalue weighted by Gasteiger charge is -2.13. The van der Waals surface area contributed by atoms with Gasteiger partial charge in [0.2, 0.25) is 0 Å². The van der Waals surface area contributed by atoms with Crippen LogP contribution >= 0.6 is 23.2 Å². The molecule has 21 heavy (non-hydrogen) atoms. The van der Waals surface area contributed by atoms with E-state index in [9.17, 15) is 13.2 Å². The molecular weight excluding hydrogens is 326 g/mol. The fraction of sp³-hybridized carbons (Fsp3) is 0.143. The lowest BCUT2D eigenvalue weighted by molar-refractivity contribution is -0.0504. The van der Waals surface area contributed by atoms with Crippen molar-refractivity contribution in [2.45, 2.75) is 13.2 Å². The molecule has 0 bridgehead atoms. The number of hydrogen-bond donors (Lipinski definition) is 1. The van der Waals surface area contributed by atoms with E-state index >= 15 is 0 Å². The molecule has 2 aromatic carbocycles. The van der Waals surface area contributed by atoms with E-state index in [1.807, 2.05) is 0 Å². The first kappa shape index (κ1) is 15.8. The van der Waals surface area contributed by atoms with E-state index in [2.05, 4.69) is 10.1 Å². The summed E-state index contributed by atoms with van der Waals surface area (Å²) in [7, 11) is 0. The molecule has 0 radical (unpaired) electrons. The quantitative estimate of drug-likeness (QED) is 0.795. The standard InChI is InChI=1S/C14H10Cl2F3NO/c15-9-1-4-13(21-14(18)19)8(5-9)7-20-10-2-3-12(17)11(16)6-10/h1-6,14,20H,7H2. The summed E-state index contributed by atoms with van der Waals surface area (Å²) in [4.78, 5) is 0. The molecule has 0 spiro atoms. The Balaban J connectivity index is 2.14. The van der Waals surface area contributed by atoms with Crippen molar-refractivity contribution >= 4 is 28.9 Å². The van der Waals surface area contributed by atoms with Gasteiger partial charge in [0.15, 0.2) is 0 Å². The van der Waals surface area contributed by atoms with Gasteiger partial charge in [0.1, 0.15) is 11.6 Å². The predicted octanol–water partition coefficient (Wildman–Crippen LogP) is 5.35. The zero-order valence-electron chi connectivity index (χ0n) is 10.5. The van der Waals surface area contributed by atoms with Crippen molar-refractivity contribution in [2.75, 3.05) is 5.32 Å². The van der Waals surface area contributed by atoms with Gasteiger partial charge >= 0.3 is 6.61 Å². The lowest BCUT2D eigenvalue weighted by Crippen LogP contribution is -2.07. The molecule has 0 saturated carbocycles. The normalized spacial score (nSPS) is 10.8. The highest BCUT2D eigenvalue weighted by Gasteiger charge is 2.10. The molecular formula is C14H10Cl2F3NO. The minimum absolute atomic E-state index is 0.0232. The second-order valence-corrected chi connectivity index (χ2v) is 4.96. The molecule has 0 heterocycles. The van der Waals surface area contributed by atoms with Gasteiger partial charge in [-0.15, -0.1) is 0 Å². The van der Waals surface area contributed by atoms with E-state index in [4.69, 9.17) is 23.2 Å². The first-order valence-corrected chi connectivity index (χ1v) is 6.63. The monoisotopic (exact) mass is 335 g/mol. The van der Waals surface area contributed by atoms with Gasteiger partial charge in [0, 0.05) is 22.8 Å². The van der Waals surface area contributed by atoms with Crippen molar-refractivity contribution in [2.24, 2.45) is 0 Å². The summed E-state index contributed by atoms with van der Waals surface area (Å²) in [6.45, 7) is -2.75. The highest BCUT2D eigenvalue weighted by molar-refractivity contribution is 6.31. The highest BCUT2D eigenvalue weighted by atomic mass is 35.5. The number of anilines is 1. The van der Waals surface area contributed by atoms with Crippen molar-refractivity contribution in [1.82, 2.24) is 0 Å². The number of benzene rings is 2. The molecule has 0 saturated heterocycles. The maximum atomic E-state index is 13.0. The number of ether oxygens (including phenoxy) is 1. The average Bonchev–Trinajstić information content (AvgIpc) is 2.42. The Morgan fingerprint density at radius 1 is 1.10 bits per heavy atom. The summed E-state index contributed by atoms with van der Waals surface area (Å²) >= 11 is 11.5. The predicted molar refractivity (Wildman–Crippen MR) is 76.8 cm³/mol. The van der Waals surface area contributed by atoms with Gasteiger partial charge in [0.05, 0.1) is 5.02 Å². The third-order valence-corrected chi connectivity index (χ3v) is 3.17. The molecule has 2 nitrogen and oxygen atoms in total. The van der Waals surface area contributed by atoms with Gasteiger partial charge in [-0.05, 0) is 36.4 Å². The maximum absolute atomic E-state index is 13.0. The molecule has 0 aliphatic heterocycles. The number of nitrogens with one attached hydrogen (secondary N) is 1. The molecule has 1 N–H and O–H groups in total. The first-order valence-electron chi connectivity index (χ1n) is 5.88. The fourth-order valence-electron chi connectivity index (χ4n) is 1.70. The SMILES string of the molecule is Fc1ccc(NCc2cc(Cl)ccc2OC(F)F)cc1Cl. The van der Waals surface area contributed by atoms with Gasteiger partial charge in [-0.25, -0.2) is 4.39 Å². The largest absolute Gasteiger partial charge is 0.434 e. The second-order valence-electron chi connectivity index (χ2n) is 4.11. The lowest BCUT2D eigenvalue weighted by atomic mass is 10.2. The van der Waals surface area contributed by atoms with E-state index in [0.29, 0.717) is 16.3 Å². The Labute approximate surface area is 129 Å². The molecule has 0 unspecified atom stereocenters. The Hall–Kier alpha value is -1.59. The van der Waals surface area contributed by atoms with Gasteiger partial charge < -0.3 is 10.1 Å². The van der Waals surface area contributed by atoms with Crippen molar-refractivity contribution in [1.29, 1.82) is 0 Å². The first-order chi connectivity index (χ1) is 9.95. The fourth-order valence-corrected chi connectivity index (χ4v) is 2.08. The van der Waals surface area contributed by atoms with Crippen molar-refractivity contribution in [3.05, 3.63) is 57.8 Å². The Morgan fingerprint density at radius 2 is 1.86 bits per heavy atom. The Bertz CT molecular complexity index is 638. The molecule has 2 rings (SSSR count). The van der Waals surface area contributed by atoms with Gasteiger partial charge in [-0.2, -0.15) is 8.78 Å². The molecule has 0 amide bonds. The van der Waals surface area contributed by atoms with Crippen LogP contribution in [-0.4, -0.2) is 6.61 Å². The summed E-state index contributed by atoms with van der Waals surface area (Å²) in [6, 6.07) is 8.42. The van der Waals surface area contributed by atoms with Crippen LogP contribution in [0.2, 0.25) is 10.0 Å². The van der Waals surface area contributed by atoms with Gasteiger partial charge in [-0.1, -0.05) is 23.2 Å². The number of alkyl halides is 2. The number of rotatable bonds is 5. The molecule has 0 aromatic heterocycles. The van der Waals surface area contributed by atoms with Crippen LogP contribution in [0.1, 0.15) is 5.56 Å². The van der Waals surface area contributed by atoms with Crippen molar-refractivity contribution in [3.8, 4) is 5.75 Å². The minimum Gasteiger partial charge on any atom is -0.434 e. The Kier molecular flexibility index (Phi) is 5.20. The zero-order chi connectivity index (χ0) is 15.4. The molecule has 7 heteroatoms. The van der Waals surface area contributed by atoms with Crippen molar-refractivity contribution < 1.29 is 17.9 Å². The van der Waals surface area contributed by atoms with Crippen LogP contribution in [0.25, 0.3) is 0 Å². The number of halogens is 5.